The Bertz CT molecular complexity index is 683. The van der Waals surface area contributed by atoms with Crippen LogP contribution >= 0.6 is 11.6 Å². The Kier molecular flexibility index (Phi) is 6.83. The van der Waals surface area contributed by atoms with Crippen LogP contribution in [0.25, 0.3) is 0 Å². The van der Waals surface area contributed by atoms with Gasteiger partial charge in [-0.3, -0.25) is 9.69 Å². The average molecular weight is 345 g/mol. The molecular formula is C20H25ClN2O. The van der Waals surface area contributed by atoms with E-state index in [-0.39, 0.29) is 11.9 Å². The minimum absolute atomic E-state index is 0.0442. The van der Waals surface area contributed by atoms with Crippen LogP contribution in [0.15, 0.2) is 48.5 Å². The van der Waals surface area contributed by atoms with E-state index in [1.807, 2.05) is 55.5 Å². The first kappa shape index (κ1) is 18.5. The van der Waals surface area contributed by atoms with Gasteiger partial charge < -0.3 is 5.32 Å². The van der Waals surface area contributed by atoms with Crippen LogP contribution in [0.4, 0.5) is 0 Å². The highest BCUT2D eigenvalue weighted by molar-refractivity contribution is 6.31. The normalized spacial score (nSPS) is 12.2. The molecule has 0 saturated carbocycles. The SMILES string of the molecule is CCN(CC)[C@H](CNC(=O)c1ccccc1C)c1ccccc1Cl. The molecule has 0 aliphatic rings. The Morgan fingerprint density at radius 1 is 1.08 bits per heavy atom. The summed E-state index contributed by atoms with van der Waals surface area (Å²) < 4.78 is 0. The molecule has 2 aromatic carbocycles. The number of carbonyl (C=O) groups is 1. The van der Waals surface area contributed by atoms with Crippen LogP contribution in [0.3, 0.4) is 0 Å². The zero-order chi connectivity index (χ0) is 17.5. The largest absolute Gasteiger partial charge is 0.350 e. The summed E-state index contributed by atoms with van der Waals surface area (Å²) in [6, 6.07) is 15.5. The van der Waals surface area contributed by atoms with E-state index < -0.39 is 0 Å². The second-order valence-corrected chi connectivity index (χ2v) is 6.19. The van der Waals surface area contributed by atoms with Crippen LogP contribution in [0, 0.1) is 6.92 Å². The van der Waals surface area contributed by atoms with E-state index in [0.717, 1.165) is 34.8 Å². The van der Waals surface area contributed by atoms with Gasteiger partial charge in [0.25, 0.3) is 5.91 Å². The van der Waals surface area contributed by atoms with E-state index in [1.54, 1.807) is 0 Å². The van der Waals surface area contributed by atoms with Crippen molar-refractivity contribution in [1.82, 2.24) is 10.2 Å². The topological polar surface area (TPSA) is 32.3 Å². The molecule has 1 N–H and O–H groups in total. The molecule has 24 heavy (non-hydrogen) atoms. The summed E-state index contributed by atoms with van der Waals surface area (Å²) in [6.45, 7) is 8.51. The molecule has 128 valence electrons. The zero-order valence-electron chi connectivity index (χ0n) is 14.6. The summed E-state index contributed by atoms with van der Waals surface area (Å²) in [6.07, 6.45) is 0. The fourth-order valence-corrected chi connectivity index (χ4v) is 3.22. The Balaban J connectivity index is 2.19. The number of likely N-dealkylation sites (N-methyl/N-ethyl adjacent to an activating group) is 1. The highest BCUT2D eigenvalue weighted by Gasteiger charge is 2.21. The molecule has 0 spiro atoms. The standard InChI is InChI=1S/C20H25ClN2O/c1-4-23(5-2)19(17-12-8-9-13-18(17)21)14-22-20(24)16-11-7-6-10-15(16)3/h6-13,19H,4-5,14H2,1-3H3,(H,22,24)/t19-/m1/s1. The third-order valence-electron chi connectivity index (χ3n) is 4.36. The molecule has 0 aliphatic heterocycles. The third kappa shape index (κ3) is 4.37. The minimum Gasteiger partial charge on any atom is -0.350 e. The summed E-state index contributed by atoms with van der Waals surface area (Å²) in [5.74, 6) is -0.0442. The van der Waals surface area contributed by atoms with Crippen LogP contribution in [0.1, 0.15) is 41.4 Å². The molecule has 3 nitrogen and oxygen atoms in total. The monoisotopic (exact) mass is 344 g/mol. The molecule has 0 bridgehead atoms. The summed E-state index contributed by atoms with van der Waals surface area (Å²) in [5, 5.41) is 3.81. The third-order valence-corrected chi connectivity index (χ3v) is 4.71. The van der Waals surface area contributed by atoms with Crippen molar-refractivity contribution in [2.24, 2.45) is 0 Å². The molecule has 0 saturated heterocycles. The number of benzene rings is 2. The molecule has 1 atom stereocenters. The van der Waals surface area contributed by atoms with Crippen LogP contribution < -0.4 is 5.32 Å². The fraction of sp³-hybridized carbons (Fsp3) is 0.350. The van der Waals surface area contributed by atoms with Gasteiger partial charge in [0.1, 0.15) is 0 Å². The second kappa shape index (κ2) is 8.86. The van der Waals surface area contributed by atoms with Crippen molar-refractivity contribution in [2.45, 2.75) is 26.8 Å². The number of rotatable bonds is 7. The van der Waals surface area contributed by atoms with Crippen molar-refractivity contribution in [3.8, 4) is 0 Å². The molecule has 1 amide bonds. The van der Waals surface area contributed by atoms with E-state index in [9.17, 15) is 4.79 Å². The fourth-order valence-electron chi connectivity index (χ4n) is 2.96. The maximum absolute atomic E-state index is 12.5. The molecule has 2 aromatic rings. The highest BCUT2D eigenvalue weighted by atomic mass is 35.5. The highest BCUT2D eigenvalue weighted by Crippen LogP contribution is 2.27. The number of halogens is 1. The number of nitrogens with zero attached hydrogens (tertiary/aromatic N) is 1. The maximum Gasteiger partial charge on any atom is 0.251 e. The lowest BCUT2D eigenvalue weighted by molar-refractivity contribution is 0.0934. The molecule has 0 fully saturated rings. The second-order valence-electron chi connectivity index (χ2n) is 5.78. The summed E-state index contributed by atoms with van der Waals surface area (Å²) in [4.78, 5) is 14.8. The summed E-state index contributed by atoms with van der Waals surface area (Å²) in [7, 11) is 0. The number of hydrogen-bond acceptors (Lipinski definition) is 2. The molecule has 0 aromatic heterocycles. The van der Waals surface area contributed by atoms with Crippen molar-refractivity contribution in [3.63, 3.8) is 0 Å². The lowest BCUT2D eigenvalue weighted by atomic mass is 10.0. The van der Waals surface area contributed by atoms with E-state index in [2.05, 4.69) is 24.1 Å². The smallest absolute Gasteiger partial charge is 0.251 e. The van der Waals surface area contributed by atoms with Crippen molar-refractivity contribution < 1.29 is 4.79 Å². The molecule has 4 heteroatoms. The first-order valence-electron chi connectivity index (χ1n) is 8.40. The maximum atomic E-state index is 12.5. The minimum atomic E-state index is -0.0442. The molecule has 0 unspecified atom stereocenters. The zero-order valence-corrected chi connectivity index (χ0v) is 15.3. The van der Waals surface area contributed by atoms with Gasteiger partial charge in [-0.1, -0.05) is 61.8 Å². The van der Waals surface area contributed by atoms with E-state index in [0.29, 0.717) is 6.54 Å². The summed E-state index contributed by atoms with van der Waals surface area (Å²) >= 11 is 6.40. The van der Waals surface area contributed by atoms with Crippen molar-refractivity contribution in [1.29, 1.82) is 0 Å². The number of nitrogens with one attached hydrogen (secondary N) is 1. The Hall–Kier alpha value is -1.84. The van der Waals surface area contributed by atoms with Gasteiger partial charge in [0.05, 0.1) is 6.04 Å². The van der Waals surface area contributed by atoms with Crippen molar-refractivity contribution >= 4 is 17.5 Å². The quantitative estimate of drug-likeness (QED) is 0.804. The Morgan fingerprint density at radius 3 is 2.33 bits per heavy atom. The Morgan fingerprint density at radius 2 is 1.71 bits per heavy atom. The number of amides is 1. The van der Waals surface area contributed by atoms with Gasteiger partial charge in [-0.15, -0.1) is 0 Å². The average Bonchev–Trinajstić information content (AvgIpc) is 2.59. The van der Waals surface area contributed by atoms with E-state index in [4.69, 9.17) is 11.6 Å². The van der Waals surface area contributed by atoms with Gasteiger partial charge in [-0.25, -0.2) is 0 Å². The van der Waals surface area contributed by atoms with Crippen LogP contribution in [-0.4, -0.2) is 30.4 Å². The predicted octanol–water partition coefficient (Wildman–Crippen LogP) is 4.46. The number of aryl methyl sites for hydroxylation is 1. The molecule has 0 aliphatic carbocycles. The van der Waals surface area contributed by atoms with Gasteiger partial charge >= 0.3 is 0 Å². The molecule has 2 rings (SSSR count). The first-order valence-corrected chi connectivity index (χ1v) is 8.78. The van der Waals surface area contributed by atoms with Crippen molar-refractivity contribution in [3.05, 3.63) is 70.2 Å². The van der Waals surface area contributed by atoms with Gasteiger partial charge in [0.15, 0.2) is 0 Å². The molecule has 0 heterocycles. The van der Waals surface area contributed by atoms with E-state index >= 15 is 0 Å². The van der Waals surface area contributed by atoms with E-state index in [1.165, 1.54) is 0 Å². The number of hydrogen-bond donors (Lipinski definition) is 1. The van der Waals surface area contributed by atoms with Gasteiger partial charge in [-0.05, 0) is 43.3 Å². The van der Waals surface area contributed by atoms with Gasteiger partial charge in [0.2, 0.25) is 0 Å². The molecular weight excluding hydrogens is 320 g/mol. The van der Waals surface area contributed by atoms with Gasteiger partial charge in [0, 0.05) is 17.1 Å². The van der Waals surface area contributed by atoms with Crippen LogP contribution in [0.5, 0.6) is 0 Å². The summed E-state index contributed by atoms with van der Waals surface area (Å²) in [5.41, 5.74) is 2.75. The lowest BCUT2D eigenvalue weighted by Gasteiger charge is -2.31. The molecule has 0 radical (unpaired) electrons. The van der Waals surface area contributed by atoms with Crippen LogP contribution in [-0.2, 0) is 0 Å². The van der Waals surface area contributed by atoms with Crippen LogP contribution in [0.2, 0.25) is 5.02 Å². The van der Waals surface area contributed by atoms with Crippen molar-refractivity contribution in [2.75, 3.05) is 19.6 Å². The van der Waals surface area contributed by atoms with Gasteiger partial charge in [-0.2, -0.15) is 0 Å². The Labute approximate surface area is 149 Å². The lowest BCUT2D eigenvalue weighted by Crippen LogP contribution is -2.38. The number of carbonyl (C=O) groups excluding carboxylic acids is 1. The first-order chi connectivity index (χ1) is 11.6. The predicted molar refractivity (Wildman–Crippen MR) is 101 cm³/mol.